The molecule has 1 atom stereocenters. The maximum absolute atomic E-state index is 13.5. The minimum absolute atomic E-state index is 0.0188. The zero-order valence-electron chi connectivity index (χ0n) is 17.2. The molecule has 0 saturated heterocycles. The summed E-state index contributed by atoms with van der Waals surface area (Å²) in [4.78, 5) is 24.4. The van der Waals surface area contributed by atoms with Crippen molar-refractivity contribution in [2.75, 3.05) is 6.54 Å². The Kier molecular flexibility index (Phi) is 4.82. The van der Waals surface area contributed by atoms with Gasteiger partial charge in [0.05, 0.1) is 10.9 Å². The van der Waals surface area contributed by atoms with Crippen LogP contribution in [0.4, 0.5) is 8.78 Å². The Morgan fingerprint density at radius 1 is 1.28 bits per heavy atom. The van der Waals surface area contributed by atoms with Gasteiger partial charge in [-0.05, 0) is 40.8 Å². The molecule has 8 heteroatoms. The molecular formula is C24H20F2N2O4. The summed E-state index contributed by atoms with van der Waals surface area (Å²) in [5, 5.41) is 12.8. The average Bonchev–Trinajstić information content (AvgIpc) is 3.59. The highest BCUT2D eigenvalue weighted by Crippen LogP contribution is 2.41. The predicted molar refractivity (Wildman–Crippen MR) is 116 cm³/mol. The zero-order valence-corrected chi connectivity index (χ0v) is 17.2. The quantitative estimate of drug-likeness (QED) is 0.617. The second-order valence-corrected chi connectivity index (χ2v) is 8.11. The van der Waals surface area contributed by atoms with Crippen LogP contribution in [0.2, 0.25) is 0 Å². The van der Waals surface area contributed by atoms with Crippen LogP contribution >= 0.6 is 0 Å². The van der Waals surface area contributed by atoms with Crippen LogP contribution in [-0.4, -0.2) is 28.8 Å². The molecule has 6 nitrogen and oxygen atoms in total. The molecule has 2 N–H and O–H groups in total. The lowest BCUT2D eigenvalue weighted by Gasteiger charge is -2.24. The van der Waals surface area contributed by atoms with Crippen molar-refractivity contribution in [3.8, 4) is 16.9 Å². The Morgan fingerprint density at radius 3 is 2.75 bits per heavy atom. The van der Waals surface area contributed by atoms with Gasteiger partial charge in [0, 0.05) is 37.0 Å². The Hall–Kier alpha value is -3.52. The topological polar surface area (TPSA) is 80.6 Å². The smallest absolute Gasteiger partial charge is 0.387 e. The third-order valence-corrected chi connectivity index (χ3v) is 6.00. The van der Waals surface area contributed by atoms with Crippen molar-refractivity contribution in [2.45, 2.75) is 32.4 Å². The molecule has 32 heavy (non-hydrogen) atoms. The first-order chi connectivity index (χ1) is 15.3. The number of carbonyl (C=O) groups is 1. The van der Waals surface area contributed by atoms with E-state index in [1.165, 1.54) is 22.4 Å². The number of alkyl halides is 2. The van der Waals surface area contributed by atoms with E-state index in [-0.39, 0.29) is 16.7 Å². The fraction of sp³-hybridized carbons (Fsp3) is 0.250. The van der Waals surface area contributed by atoms with Crippen LogP contribution in [-0.2, 0) is 6.54 Å². The number of halogens is 2. The predicted octanol–water partition coefficient (Wildman–Crippen LogP) is 4.42. The zero-order chi connectivity index (χ0) is 22.6. The number of aromatic nitrogens is 1. The number of ether oxygens (including phenoxy) is 1. The number of hydrogen-bond acceptors (Lipinski definition) is 4. The minimum atomic E-state index is -3.12. The van der Waals surface area contributed by atoms with Gasteiger partial charge in [-0.1, -0.05) is 25.1 Å². The second-order valence-electron chi connectivity index (χ2n) is 8.11. The Balaban J connectivity index is 1.80. The van der Waals surface area contributed by atoms with E-state index in [0.717, 1.165) is 17.8 Å². The van der Waals surface area contributed by atoms with Gasteiger partial charge in [0.2, 0.25) is 5.43 Å². The molecular weight excluding hydrogens is 418 g/mol. The fourth-order valence-electron chi connectivity index (χ4n) is 4.39. The van der Waals surface area contributed by atoms with Gasteiger partial charge in [0.15, 0.2) is 5.75 Å². The van der Waals surface area contributed by atoms with Crippen molar-refractivity contribution in [1.29, 1.82) is 0 Å². The lowest BCUT2D eigenvalue weighted by Crippen LogP contribution is -2.26. The summed E-state index contributed by atoms with van der Waals surface area (Å²) in [6.07, 6.45) is 3.57. The number of allylic oxidation sites excluding steroid dienone is 2. The van der Waals surface area contributed by atoms with Crippen LogP contribution in [0.5, 0.6) is 5.75 Å². The van der Waals surface area contributed by atoms with Gasteiger partial charge >= 0.3 is 12.6 Å². The van der Waals surface area contributed by atoms with Crippen LogP contribution in [0.3, 0.4) is 0 Å². The molecule has 1 aliphatic heterocycles. The van der Waals surface area contributed by atoms with Gasteiger partial charge in [-0.15, -0.1) is 0 Å². The molecule has 0 fully saturated rings. The summed E-state index contributed by atoms with van der Waals surface area (Å²) < 4.78 is 33.4. The van der Waals surface area contributed by atoms with Gasteiger partial charge in [0.25, 0.3) is 0 Å². The Bertz CT molecular complexity index is 1360. The average molecular weight is 438 g/mol. The number of rotatable bonds is 5. The van der Waals surface area contributed by atoms with Gasteiger partial charge in [-0.25, -0.2) is 4.79 Å². The lowest BCUT2D eigenvalue weighted by atomic mass is 9.89. The second kappa shape index (κ2) is 7.56. The highest BCUT2D eigenvalue weighted by molar-refractivity contribution is 5.99. The van der Waals surface area contributed by atoms with Crippen molar-refractivity contribution in [2.24, 2.45) is 0 Å². The first-order valence-electron chi connectivity index (χ1n) is 10.3. The molecule has 1 aliphatic carbocycles. The molecule has 2 aromatic carbocycles. The van der Waals surface area contributed by atoms with Gasteiger partial charge in [-0.2, -0.15) is 8.78 Å². The third kappa shape index (κ3) is 3.36. The standard InChI is InChI=1S/C24H20F2N2O4/c1-12-9-27-10-14-8-13(2-5-16(12)14)17-6-7-18-20(22(17)32-24(25)26)28(15-3-4-15)11-19(21(18)29)23(30)31/h2-3,5-8,11-12,24,27H,4,9-10H2,1H3,(H,30,31). The normalized spacial score (nSPS) is 17.2. The number of hydrogen-bond donors (Lipinski definition) is 2. The summed E-state index contributed by atoms with van der Waals surface area (Å²) in [6.45, 7) is 0.546. The molecule has 2 aliphatic rings. The maximum Gasteiger partial charge on any atom is 0.387 e. The van der Waals surface area contributed by atoms with E-state index in [9.17, 15) is 23.5 Å². The Morgan fingerprint density at radius 2 is 2.06 bits per heavy atom. The highest BCUT2D eigenvalue weighted by atomic mass is 19.3. The third-order valence-electron chi connectivity index (χ3n) is 6.00. The number of nitrogens with one attached hydrogen (secondary N) is 1. The van der Waals surface area contributed by atoms with Gasteiger partial charge in [-0.3, -0.25) is 4.79 Å². The number of carboxylic acids is 1. The largest absolute Gasteiger partial charge is 0.477 e. The highest BCUT2D eigenvalue weighted by Gasteiger charge is 2.26. The molecule has 0 bridgehead atoms. The molecule has 3 aromatic rings. The van der Waals surface area contributed by atoms with Crippen LogP contribution in [0.1, 0.15) is 40.7 Å². The minimum Gasteiger partial charge on any atom is -0.477 e. The van der Waals surface area contributed by atoms with E-state index in [4.69, 9.17) is 4.74 Å². The van der Waals surface area contributed by atoms with E-state index < -0.39 is 23.6 Å². The number of carboxylic acid groups (broad SMARTS) is 1. The fourth-order valence-corrected chi connectivity index (χ4v) is 4.39. The molecule has 0 amide bonds. The number of nitrogens with zero attached hydrogens (tertiary/aromatic N) is 1. The van der Waals surface area contributed by atoms with Crippen molar-refractivity contribution in [1.82, 2.24) is 9.88 Å². The molecule has 1 aromatic heterocycles. The van der Waals surface area contributed by atoms with E-state index >= 15 is 0 Å². The number of fused-ring (bicyclic) bond motifs is 2. The van der Waals surface area contributed by atoms with Crippen LogP contribution in [0, 0.1) is 0 Å². The van der Waals surface area contributed by atoms with Crippen molar-refractivity contribution < 1.29 is 23.4 Å². The molecule has 0 saturated carbocycles. The van der Waals surface area contributed by atoms with Gasteiger partial charge in [0.1, 0.15) is 5.56 Å². The summed E-state index contributed by atoms with van der Waals surface area (Å²) in [5.41, 5.74) is 3.08. The van der Waals surface area contributed by atoms with E-state index in [0.29, 0.717) is 30.0 Å². The van der Waals surface area contributed by atoms with Crippen molar-refractivity contribution in [3.05, 3.63) is 69.5 Å². The monoisotopic (exact) mass is 438 g/mol. The number of aromatic carboxylic acids is 1. The Labute approximate surface area is 181 Å². The van der Waals surface area contributed by atoms with Crippen LogP contribution in [0.25, 0.3) is 27.7 Å². The molecule has 164 valence electrons. The SMILES string of the molecule is CC1CNCc2cc(-c3ccc4c(=O)c(C(=O)O)cn(C5=CC5)c4c3OC(F)F)ccc21. The summed E-state index contributed by atoms with van der Waals surface area (Å²) >= 11 is 0. The van der Waals surface area contributed by atoms with Crippen molar-refractivity contribution >= 4 is 22.6 Å². The molecule has 0 radical (unpaired) electrons. The van der Waals surface area contributed by atoms with E-state index in [1.807, 2.05) is 24.3 Å². The van der Waals surface area contributed by atoms with E-state index in [1.54, 1.807) is 6.07 Å². The number of pyridine rings is 1. The molecule has 0 spiro atoms. The van der Waals surface area contributed by atoms with E-state index in [2.05, 4.69) is 12.2 Å². The van der Waals surface area contributed by atoms with Crippen molar-refractivity contribution in [3.63, 3.8) is 0 Å². The summed E-state index contributed by atoms with van der Waals surface area (Å²) in [6, 6.07) is 8.83. The van der Waals surface area contributed by atoms with Crippen LogP contribution < -0.4 is 15.5 Å². The first-order valence-corrected chi connectivity index (χ1v) is 10.3. The number of benzene rings is 2. The summed E-state index contributed by atoms with van der Waals surface area (Å²) in [5.74, 6) is -1.18. The molecule has 2 heterocycles. The van der Waals surface area contributed by atoms with Gasteiger partial charge < -0.3 is 19.7 Å². The lowest BCUT2D eigenvalue weighted by molar-refractivity contribution is -0.0486. The molecule has 5 rings (SSSR count). The first kappa shape index (κ1) is 20.4. The summed E-state index contributed by atoms with van der Waals surface area (Å²) in [7, 11) is 0. The van der Waals surface area contributed by atoms with Crippen LogP contribution in [0.15, 0.2) is 47.4 Å². The molecule has 1 unspecified atom stereocenters. The maximum atomic E-state index is 13.5.